The molecule has 0 saturated carbocycles. The number of carbonyl (C=O) groups excluding carboxylic acids is 1. The van der Waals surface area contributed by atoms with Crippen LogP contribution in [0.15, 0.2) is 84.9 Å². The van der Waals surface area contributed by atoms with Crippen LogP contribution < -0.4 is 10.5 Å². The van der Waals surface area contributed by atoms with Crippen LogP contribution in [0, 0.1) is 0 Å². The highest BCUT2D eigenvalue weighted by atomic mass is 32.2. The summed E-state index contributed by atoms with van der Waals surface area (Å²) in [5, 5.41) is 2.54. The minimum Gasteiger partial charge on any atom is -0.459 e. The fourth-order valence-electron chi connectivity index (χ4n) is 4.99. The van der Waals surface area contributed by atoms with Gasteiger partial charge in [0.1, 0.15) is 17.9 Å². The molecular weight excluding hydrogens is 578 g/mol. The van der Waals surface area contributed by atoms with Crippen molar-refractivity contribution < 1.29 is 22.7 Å². The van der Waals surface area contributed by atoms with E-state index < -0.39 is 16.0 Å². The number of carbonyl (C=O) groups is 1. The van der Waals surface area contributed by atoms with Gasteiger partial charge in [0.25, 0.3) is 0 Å². The van der Waals surface area contributed by atoms with Crippen LogP contribution >= 0.6 is 0 Å². The summed E-state index contributed by atoms with van der Waals surface area (Å²) in [6.45, 7) is 2.18. The molecule has 0 fully saturated rings. The molecule has 0 atom stereocenters. The number of esters is 1. The molecule has 2 aromatic heterocycles. The summed E-state index contributed by atoms with van der Waals surface area (Å²) in [4.78, 5) is 20.1. The van der Waals surface area contributed by atoms with Gasteiger partial charge in [0.2, 0.25) is 10.0 Å². The summed E-state index contributed by atoms with van der Waals surface area (Å²) in [5.74, 6) is -0.656. The monoisotopic (exact) mass is 615 g/mol. The highest BCUT2D eigenvalue weighted by Crippen LogP contribution is 2.29. The molecule has 0 spiro atoms. The van der Waals surface area contributed by atoms with Gasteiger partial charge in [-0.05, 0) is 66.3 Å². The first-order valence-corrected chi connectivity index (χ1v) is 16.0. The van der Waals surface area contributed by atoms with E-state index in [2.05, 4.69) is 4.72 Å². The van der Waals surface area contributed by atoms with Gasteiger partial charge in [-0.1, -0.05) is 54.6 Å². The van der Waals surface area contributed by atoms with E-state index in [0.29, 0.717) is 34.9 Å². The first-order chi connectivity index (χ1) is 21.2. The van der Waals surface area contributed by atoms with Crippen molar-refractivity contribution >= 4 is 43.5 Å². The van der Waals surface area contributed by atoms with Gasteiger partial charge < -0.3 is 24.7 Å². The molecule has 230 valence electrons. The molecule has 0 aliphatic heterocycles. The van der Waals surface area contributed by atoms with Gasteiger partial charge in [-0.25, -0.2) is 18.2 Å². The zero-order chi connectivity index (χ0) is 31.1. The number of aromatic nitrogens is 2. The van der Waals surface area contributed by atoms with Gasteiger partial charge in [0.05, 0.1) is 31.2 Å². The van der Waals surface area contributed by atoms with E-state index in [1.54, 1.807) is 28.8 Å². The third kappa shape index (κ3) is 7.80. The summed E-state index contributed by atoms with van der Waals surface area (Å²) < 4.78 is 41.9. The van der Waals surface area contributed by atoms with Crippen molar-refractivity contribution in [2.24, 2.45) is 5.73 Å². The van der Waals surface area contributed by atoms with Crippen molar-refractivity contribution in [3.63, 3.8) is 0 Å². The molecule has 44 heavy (non-hydrogen) atoms. The minimum absolute atomic E-state index is 0.108. The average molecular weight is 616 g/mol. The SMILES string of the molecule is CN(C)CCOCCOC(=O)c1cc2ccc(CN)nc2n1Cc1cc(NS(=O)(=O)Cc2ccccc2)cc2ccccc12. The molecule has 2 heterocycles. The van der Waals surface area contributed by atoms with Crippen molar-refractivity contribution in [2.75, 3.05) is 45.2 Å². The molecule has 0 aliphatic carbocycles. The number of pyridine rings is 1. The van der Waals surface area contributed by atoms with Gasteiger partial charge in [-0.2, -0.15) is 0 Å². The van der Waals surface area contributed by atoms with E-state index in [0.717, 1.165) is 28.3 Å². The second-order valence-electron chi connectivity index (χ2n) is 10.8. The van der Waals surface area contributed by atoms with Gasteiger partial charge in [0.15, 0.2) is 0 Å². The van der Waals surface area contributed by atoms with Crippen molar-refractivity contribution in [2.45, 2.75) is 18.8 Å². The van der Waals surface area contributed by atoms with Crippen LogP contribution in [0.2, 0.25) is 0 Å². The summed E-state index contributed by atoms with van der Waals surface area (Å²) in [6.07, 6.45) is 0. The standard InChI is InChI=1S/C33H37N5O5S/c1-37(2)14-15-42-16-17-43-33(39)31-20-26-12-13-28(21-34)35-32(26)38(31)22-27-19-29(18-25-10-6-7-11-30(25)27)36-44(40,41)23-24-8-4-3-5-9-24/h3-13,18-20,36H,14-17,21-23,34H2,1-2H3. The van der Waals surface area contributed by atoms with Gasteiger partial charge >= 0.3 is 5.97 Å². The maximum absolute atomic E-state index is 13.4. The third-order valence-electron chi connectivity index (χ3n) is 7.11. The van der Waals surface area contributed by atoms with Crippen LogP contribution in [-0.2, 0) is 38.3 Å². The molecule has 0 radical (unpaired) electrons. The highest BCUT2D eigenvalue weighted by molar-refractivity contribution is 7.91. The smallest absolute Gasteiger partial charge is 0.355 e. The zero-order valence-electron chi connectivity index (χ0n) is 24.9. The van der Waals surface area contributed by atoms with E-state index in [-0.39, 0.29) is 32.1 Å². The molecule has 0 saturated heterocycles. The number of likely N-dealkylation sites (N-methyl/N-ethyl adjacent to an activating group) is 1. The lowest BCUT2D eigenvalue weighted by atomic mass is 10.0. The Balaban J connectivity index is 1.47. The molecule has 5 aromatic rings. The Labute approximate surface area is 257 Å². The topological polar surface area (TPSA) is 129 Å². The lowest BCUT2D eigenvalue weighted by Crippen LogP contribution is -2.20. The van der Waals surface area contributed by atoms with Gasteiger partial charge in [-0.3, -0.25) is 4.72 Å². The predicted molar refractivity (Wildman–Crippen MR) is 173 cm³/mol. The third-order valence-corrected chi connectivity index (χ3v) is 8.37. The summed E-state index contributed by atoms with van der Waals surface area (Å²) in [6, 6.07) is 25.8. The second-order valence-corrected chi connectivity index (χ2v) is 12.5. The number of hydrogen-bond donors (Lipinski definition) is 2. The first kappa shape index (κ1) is 31.1. The molecule has 0 bridgehead atoms. The molecular formula is C33H37N5O5S. The number of nitrogens with one attached hydrogen (secondary N) is 1. The molecule has 3 N–H and O–H groups in total. The molecule has 3 aromatic carbocycles. The Kier molecular flexibility index (Phi) is 9.91. The molecule has 5 rings (SSSR count). The number of sulfonamides is 1. The van der Waals surface area contributed by atoms with E-state index in [1.165, 1.54) is 0 Å². The van der Waals surface area contributed by atoms with Crippen LogP contribution in [0.5, 0.6) is 0 Å². The fourth-order valence-corrected chi connectivity index (χ4v) is 6.17. The van der Waals surface area contributed by atoms with Crippen molar-refractivity contribution in [1.29, 1.82) is 0 Å². The van der Waals surface area contributed by atoms with Crippen LogP contribution in [0.1, 0.15) is 27.3 Å². The molecule has 11 heteroatoms. The molecule has 0 unspecified atom stereocenters. The Morgan fingerprint density at radius 1 is 0.932 bits per heavy atom. The van der Waals surface area contributed by atoms with Crippen LogP contribution in [0.4, 0.5) is 5.69 Å². The Hall–Kier alpha value is -4.29. The fraction of sp³-hybridized carbons (Fsp3) is 0.273. The Bertz CT molecular complexity index is 1860. The number of benzene rings is 3. The normalized spacial score (nSPS) is 11.8. The first-order valence-electron chi connectivity index (χ1n) is 14.4. The summed E-state index contributed by atoms with van der Waals surface area (Å²) in [7, 11) is 0.232. The second kappa shape index (κ2) is 14.0. The van der Waals surface area contributed by atoms with Crippen LogP contribution in [-0.4, -0.2) is 69.3 Å². The number of ether oxygens (including phenoxy) is 2. The highest BCUT2D eigenvalue weighted by Gasteiger charge is 2.20. The van der Waals surface area contributed by atoms with Gasteiger partial charge in [0, 0.05) is 24.2 Å². The van der Waals surface area contributed by atoms with E-state index in [1.807, 2.05) is 79.7 Å². The van der Waals surface area contributed by atoms with E-state index >= 15 is 0 Å². The predicted octanol–water partition coefficient (Wildman–Crippen LogP) is 4.37. The maximum Gasteiger partial charge on any atom is 0.355 e. The van der Waals surface area contributed by atoms with Crippen molar-refractivity contribution in [3.8, 4) is 0 Å². The lowest BCUT2D eigenvalue weighted by Gasteiger charge is -2.16. The number of anilines is 1. The number of nitrogens with two attached hydrogens (primary N) is 1. The number of hydrogen-bond acceptors (Lipinski definition) is 8. The van der Waals surface area contributed by atoms with E-state index in [9.17, 15) is 13.2 Å². The van der Waals surface area contributed by atoms with E-state index in [4.69, 9.17) is 20.2 Å². The number of rotatable bonds is 14. The lowest BCUT2D eigenvalue weighted by molar-refractivity contribution is 0.0290. The molecule has 0 aliphatic rings. The number of fused-ring (bicyclic) bond motifs is 2. The molecule has 10 nitrogen and oxygen atoms in total. The Morgan fingerprint density at radius 2 is 1.70 bits per heavy atom. The van der Waals surface area contributed by atoms with Gasteiger partial charge in [-0.15, -0.1) is 0 Å². The minimum atomic E-state index is -3.69. The summed E-state index contributed by atoms with van der Waals surface area (Å²) >= 11 is 0. The quantitative estimate of drug-likeness (QED) is 0.139. The zero-order valence-corrected chi connectivity index (χ0v) is 25.7. The molecule has 0 amide bonds. The van der Waals surface area contributed by atoms with Crippen molar-refractivity contribution in [3.05, 3.63) is 107 Å². The maximum atomic E-state index is 13.4. The van der Waals surface area contributed by atoms with Crippen LogP contribution in [0.3, 0.4) is 0 Å². The van der Waals surface area contributed by atoms with Crippen LogP contribution in [0.25, 0.3) is 21.8 Å². The summed E-state index contributed by atoms with van der Waals surface area (Å²) in [5.41, 5.74) is 9.41. The Morgan fingerprint density at radius 3 is 2.48 bits per heavy atom. The average Bonchev–Trinajstić information content (AvgIpc) is 3.36. The number of nitrogens with zero attached hydrogens (tertiary/aromatic N) is 3. The largest absolute Gasteiger partial charge is 0.459 e. The van der Waals surface area contributed by atoms with Crippen molar-refractivity contribution in [1.82, 2.24) is 14.5 Å².